The van der Waals surface area contributed by atoms with E-state index in [0.29, 0.717) is 11.0 Å². The van der Waals surface area contributed by atoms with E-state index in [2.05, 4.69) is 37.9 Å². The fraction of sp³-hybridized carbons (Fsp3) is 1.00. The Bertz CT molecular complexity index is 347. The lowest BCUT2D eigenvalue weighted by atomic mass is 9.73. The highest BCUT2D eigenvalue weighted by atomic mass is 15.3. The third-order valence-corrected chi connectivity index (χ3v) is 6.32. The van der Waals surface area contributed by atoms with Crippen molar-refractivity contribution < 1.29 is 0 Å². The van der Waals surface area contributed by atoms with Crippen LogP contribution in [0.15, 0.2) is 0 Å². The molecule has 2 heteroatoms. The maximum absolute atomic E-state index is 3.91. The molecule has 0 aromatic heterocycles. The van der Waals surface area contributed by atoms with Gasteiger partial charge in [0.2, 0.25) is 0 Å². The molecular formula is C18H34N2. The van der Waals surface area contributed by atoms with Gasteiger partial charge in [0.05, 0.1) is 0 Å². The van der Waals surface area contributed by atoms with Crippen molar-refractivity contribution in [3.8, 4) is 0 Å². The molecule has 3 fully saturated rings. The largest absolute Gasteiger partial charge is 0.308 e. The molecule has 116 valence electrons. The summed E-state index contributed by atoms with van der Waals surface area (Å²) < 4.78 is 0. The van der Waals surface area contributed by atoms with E-state index in [0.717, 1.165) is 18.0 Å². The fourth-order valence-electron chi connectivity index (χ4n) is 4.77. The van der Waals surface area contributed by atoms with E-state index in [9.17, 15) is 0 Å². The molecule has 2 nitrogen and oxygen atoms in total. The van der Waals surface area contributed by atoms with Gasteiger partial charge < -0.3 is 5.32 Å². The van der Waals surface area contributed by atoms with Gasteiger partial charge >= 0.3 is 0 Å². The minimum absolute atomic E-state index is 0.396. The van der Waals surface area contributed by atoms with Crippen LogP contribution in [0.2, 0.25) is 0 Å². The molecule has 3 atom stereocenters. The van der Waals surface area contributed by atoms with Crippen molar-refractivity contribution in [1.29, 1.82) is 0 Å². The maximum Gasteiger partial charge on any atom is 0.0309 e. The summed E-state index contributed by atoms with van der Waals surface area (Å²) >= 11 is 0. The van der Waals surface area contributed by atoms with Gasteiger partial charge in [-0.3, -0.25) is 4.90 Å². The molecular weight excluding hydrogens is 244 g/mol. The summed E-state index contributed by atoms with van der Waals surface area (Å²) in [5.74, 6) is 0.944. The molecule has 0 amide bonds. The van der Waals surface area contributed by atoms with Gasteiger partial charge in [0.25, 0.3) is 0 Å². The first-order valence-electron chi connectivity index (χ1n) is 8.94. The molecule has 0 radical (unpaired) electrons. The van der Waals surface area contributed by atoms with Gasteiger partial charge in [0.1, 0.15) is 0 Å². The molecule has 0 aromatic rings. The Morgan fingerprint density at radius 2 is 1.90 bits per heavy atom. The van der Waals surface area contributed by atoms with Crippen molar-refractivity contribution in [2.45, 2.75) is 90.3 Å². The van der Waals surface area contributed by atoms with Gasteiger partial charge in [0.15, 0.2) is 0 Å². The van der Waals surface area contributed by atoms with Crippen molar-refractivity contribution in [3.05, 3.63) is 0 Å². The van der Waals surface area contributed by atoms with Crippen LogP contribution in [-0.4, -0.2) is 35.6 Å². The van der Waals surface area contributed by atoms with Crippen LogP contribution in [0.4, 0.5) is 0 Å². The summed E-state index contributed by atoms with van der Waals surface area (Å²) in [7, 11) is 0. The van der Waals surface area contributed by atoms with Gasteiger partial charge in [-0.2, -0.15) is 0 Å². The Morgan fingerprint density at radius 1 is 1.15 bits per heavy atom. The molecule has 0 bridgehead atoms. The Balaban J connectivity index is 1.73. The zero-order valence-electron chi connectivity index (χ0n) is 14.0. The topological polar surface area (TPSA) is 15.3 Å². The Hall–Kier alpha value is -0.0800. The van der Waals surface area contributed by atoms with Gasteiger partial charge in [-0.05, 0) is 56.8 Å². The second-order valence-electron chi connectivity index (χ2n) is 8.72. The molecule has 3 aliphatic rings. The number of hydrogen-bond donors (Lipinski definition) is 1. The average molecular weight is 278 g/mol. The third kappa shape index (κ3) is 2.92. The predicted octanol–water partition coefficient (Wildman–Crippen LogP) is 3.81. The maximum atomic E-state index is 3.91. The van der Waals surface area contributed by atoms with E-state index in [1.54, 1.807) is 0 Å². The van der Waals surface area contributed by atoms with Crippen LogP contribution in [0.25, 0.3) is 0 Å². The van der Waals surface area contributed by atoms with Crippen LogP contribution in [-0.2, 0) is 0 Å². The van der Waals surface area contributed by atoms with E-state index < -0.39 is 0 Å². The van der Waals surface area contributed by atoms with Crippen LogP contribution in [0, 0.1) is 11.3 Å². The monoisotopic (exact) mass is 278 g/mol. The molecule has 1 saturated heterocycles. The lowest BCUT2D eigenvalue weighted by Gasteiger charge is -2.52. The molecule has 3 rings (SSSR count). The van der Waals surface area contributed by atoms with E-state index in [-0.39, 0.29) is 0 Å². The van der Waals surface area contributed by atoms with Crippen LogP contribution in [0.1, 0.15) is 72.6 Å². The van der Waals surface area contributed by atoms with Gasteiger partial charge in [0, 0.05) is 30.7 Å². The number of nitrogens with zero attached hydrogens (tertiary/aromatic N) is 1. The standard InChI is InChI=1S/C18H34N2/c1-5-15-12-19-18(4,14-8-9-14)13-20(15)16-7-6-10-17(2,3)11-16/h14-16,19H,5-13H2,1-4H3. The summed E-state index contributed by atoms with van der Waals surface area (Å²) in [5, 5.41) is 3.91. The normalized spacial score (nSPS) is 42.6. The number of piperazine rings is 1. The highest BCUT2D eigenvalue weighted by Crippen LogP contribution is 2.44. The first-order valence-corrected chi connectivity index (χ1v) is 8.94. The number of hydrogen-bond acceptors (Lipinski definition) is 2. The van der Waals surface area contributed by atoms with Gasteiger partial charge in [-0.25, -0.2) is 0 Å². The van der Waals surface area contributed by atoms with Crippen molar-refractivity contribution in [2.75, 3.05) is 13.1 Å². The summed E-state index contributed by atoms with van der Waals surface area (Å²) in [6.07, 6.45) is 9.88. The first-order chi connectivity index (χ1) is 9.43. The highest BCUT2D eigenvalue weighted by Gasteiger charge is 2.47. The first kappa shape index (κ1) is 14.8. The van der Waals surface area contributed by atoms with Crippen LogP contribution >= 0.6 is 0 Å². The molecule has 1 aliphatic heterocycles. The molecule has 0 aromatic carbocycles. The second kappa shape index (κ2) is 5.28. The van der Waals surface area contributed by atoms with Gasteiger partial charge in [-0.1, -0.05) is 27.2 Å². The van der Waals surface area contributed by atoms with E-state index >= 15 is 0 Å². The minimum atomic E-state index is 0.396. The average Bonchev–Trinajstić information content (AvgIpc) is 3.22. The predicted molar refractivity (Wildman–Crippen MR) is 86.0 cm³/mol. The van der Waals surface area contributed by atoms with E-state index in [1.165, 1.54) is 58.0 Å². The minimum Gasteiger partial charge on any atom is -0.308 e. The summed E-state index contributed by atoms with van der Waals surface area (Å²) in [4.78, 5) is 2.91. The van der Waals surface area contributed by atoms with Crippen molar-refractivity contribution in [3.63, 3.8) is 0 Å². The quantitative estimate of drug-likeness (QED) is 0.844. The highest BCUT2D eigenvalue weighted by molar-refractivity contribution is 5.05. The SMILES string of the molecule is CCC1CNC(C)(C2CC2)CN1C1CCCC(C)(C)C1. The number of rotatable bonds is 3. The van der Waals surface area contributed by atoms with Crippen molar-refractivity contribution in [2.24, 2.45) is 11.3 Å². The van der Waals surface area contributed by atoms with Crippen LogP contribution < -0.4 is 5.32 Å². The second-order valence-corrected chi connectivity index (χ2v) is 8.72. The van der Waals surface area contributed by atoms with Crippen LogP contribution in [0.3, 0.4) is 0 Å². The number of nitrogens with one attached hydrogen (secondary N) is 1. The Kier molecular flexibility index (Phi) is 3.92. The zero-order valence-corrected chi connectivity index (χ0v) is 14.0. The van der Waals surface area contributed by atoms with Crippen LogP contribution in [0.5, 0.6) is 0 Å². The Labute approximate surface area is 125 Å². The lowest BCUT2D eigenvalue weighted by molar-refractivity contribution is 0.00198. The van der Waals surface area contributed by atoms with Crippen molar-refractivity contribution in [1.82, 2.24) is 10.2 Å². The summed E-state index contributed by atoms with van der Waals surface area (Å²) in [5.41, 5.74) is 0.954. The van der Waals surface area contributed by atoms with E-state index in [4.69, 9.17) is 0 Å². The zero-order chi connectivity index (χ0) is 14.4. The molecule has 0 spiro atoms. The van der Waals surface area contributed by atoms with Gasteiger partial charge in [-0.15, -0.1) is 0 Å². The smallest absolute Gasteiger partial charge is 0.0309 e. The molecule has 20 heavy (non-hydrogen) atoms. The van der Waals surface area contributed by atoms with E-state index in [1.807, 2.05) is 0 Å². The molecule has 1 heterocycles. The Morgan fingerprint density at radius 3 is 2.50 bits per heavy atom. The molecule has 1 N–H and O–H groups in total. The lowest BCUT2D eigenvalue weighted by Crippen LogP contribution is -2.66. The molecule has 2 aliphatic carbocycles. The molecule has 3 unspecified atom stereocenters. The molecule has 2 saturated carbocycles. The van der Waals surface area contributed by atoms with Crippen molar-refractivity contribution >= 4 is 0 Å². The summed E-state index contributed by atoms with van der Waals surface area (Å²) in [6.45, 7) is 12.3. The fourth-order valence-corrected chi connectivity index (χ4v) is 4.77. The summed E-state index contributed by atoms with van der Waals surface area (Å²) in [6, 6.07) is 1.60. The third-order valence-electron chi connectivity index (χ3n) is 6.32.